The number of nitrogens with zero attached hydrogens (tertiary/aromatic N) is 2. The van der Waals surface area contributed by atoms with E-state index in [-0.39, 0.29) is 5.91 Å². The first-order chi connectivity index (χ1) is 12.2. The summed E-state index contributed by atoms with van der Waals surface area (Å²) in [6.45, 7) is 3.21. The van der Waals surface area contributed by atoms with Gasteiger partial charge in [0.15, 0.2) is 0 Å². The summed E-state index contributed by atoms with van der Waals surface area (Å²) in [6, 6.07) is 13.6. The number of ether oxygens (including phenoxy) is 1. The maximum atomic E-state index is 12.6. The lowest BCUT2D eigenvalue weighted by molar-refractivity contribution is 0.0943. The first kappa shape index (κ1) is 17.2. The van der Waals surface area contributed by atoms with Crippen molar-refractivity contribution in [1.82, 2.24) is 15.1 Å². The lowest BCUT2D eigenvalue weighted by atomic mass is 10.1. The van der Waals surface area contributed by atoms with E-state index in [1.807, 2.05) is 48.7 Å². The van der Waals surface area contributed by atoms with Gasteiger partial charge in [-0.3, -0.25) is 9.48 Å². The van der Waals surface area contributed by atoms with Crippen LogP contribution in [0.2, 0.25) is 0 Å². The zero-order valence-corrected chi connectivity index (χ0v) is 15.2. The minimum absolute atomic E-state index is 0.105. The number of carbonyl (C=O) groups excluding carboxylic acids is 1. The molecule has 6 heteroatoms. The SMILES string of the molecule is CCn1nc(-c2ccccc2OC)cc1C(=O)NCCc1cccs1. The first-order valence-corrected chi connectivity index (χ1v) is 9.12. The van der Waals surface area contributed by atoms with Gasteiger partial charge < -0.3 is 10.1 Å². The number of benzene rings is 1. The van der Waals surface area contributed by atoms with Crippen LogP contribution in [0.25, 0.3) is 11.3 Å². The fourth-order valence-corrected chi connectivity index (χ4v) is 3.38. The van der Waals surface area contributed by atoms with E-state index in [0.29, 0.717) is 18.8 Å². The van der Waals surface area contributed by atoms with Gasteiger partial charge in [-0.15, -0.1) is 11.3 Å². The molecule has 0 atom stereocenters. The van der Waals surface area contributed by atoms with E-state index in [2.05, 4.69) is 16.5 Å². The Bertz CT molecular complexity index is 840. The summed E-state index contributed by atoms with van der Waals surface area (Å²) in [5, 5.41) is 9.59. The Morgan fingerprint density at radius 3 is 2.84 bits per heavy atom. The van der Waals surface area contributed by atoms with Gasteiger partial charge >= 0.3 is 0 Å². The Morgan fingerprint density at radius 2 is 2.12 bits per heavy atom. The highest BCUT2D eigenvalue weighted by Crippen LogP contribution is 2.29. The molecule has 0 spiro atoms. The average molecular weight is 355 g/mol. The lowest BCUT2D eigenvalue weighted by Gasteiger charge is -2.05. The lowest BCUT2D eigenvalue weighted by Crippen LogP contribution is -2.27. The molecule has 3 rings (SSSR count). The fraction of sp³-hybridized carbons (Fsp3) is 0.263. The summed E-state index contributed by atoms with van der Waals surface area (Å²) < 4.78 is 7.13. The number of amides is 1. The molecular weight excluding hydrogens is 334 g/mol. The van der Waals surface area contributed by atoms with Crippen LogP contribution >= 0.6 is 11.3 Å². The van der Waals surface area contributed by atoms with E-state index >= 15 is 0 Å². The molecule has 2 aromatic heterocycles. The molecule has 3 aromatic rings. The number of hydrogen-bond acceptors (Lipinski definition) is 4. The molecule has 2 heterocycles. The van der Waals surface area contributed by atoms with E-state index in [1.165, 1.54) is 4.88 Å². The minimum atomic E-state index is -0.105. The third-order valence-electron chi connectivity index (χ3n) is 3.93. The maximum Gasteiger partial charge on any atom is 0.269 e. The van der Waals surface area contributed by atoms with E-state index in [0.717, 1.165) is 23.4 Å². The van der Waals surface area contributed by atoms with Gasteiger partial charge in [0.1, 0.15) is 11.4 Å². The predicted octanol–water partition coefficient (Wildman–Crippen LogP) is 3.61. The van der Waals surface area contributed by atoms with Crippen molar-refractivity contribution in [3.63, 3.8) is 0 Å². The summed E-state index contributed by atoms with van der Waals surface area (Å²) in [4.78, 5) is 13.8. The third-order valence-corrected chi connectivity index (χ3v) is 4.87. The van der Waals surface area contributed by atoms with Gasteiger partial charge in [0.25, 0.3) is 5.91 Å². The highest BCUT2D eigenvalue weighted by molar-refractivity contribution is 7.09. The molecule has 0 bridgehead atoms. The topological polar surface area (TPSA) is 56.2 Å². The number of rotatable bonds is 7. The summed E-state index contributed by atoms with van der Waals surface area (Å²) in [6.07, 6.45) is 0.836. The molecule has 0 saturated carbocycles. The largest absolute Gasteiger partial charge is 0.496 e. The van der Waals surface area contributed by atoms with Crippen LogP contribution in [0.4, 0.5) is 0 Å². The first-order valence-electron chi connectivity index (χ1n) is 8.24. The number of para-hydroxylation sites is 1. The second kappa shape index (κ2) is 7.98. The molecule has 0 unspecified atom stereocenters. The van der Waals surface area contributed by atoms with Crippen molar-refractivity contribution >= 4 is 17.2 Å². The molecular formula is C19H21N3O2S. The van der Waals surface area contributed by atoms with Crippen LogP contribution in [0.3, 0.4) is 0 Å². The van der Waals surface area contributed by atoms with Gasteiger partial charge in [-0.2, -0.15) is 5.10 Å². The molecule has 130 valence electrons. The van der Waals surface area contributed by atoms with E-state index in [1.54, 1.807) is 23.1 Å². The van der Waals surface area contributed by atoms with Crippen molar-refractivity contribution in [2.24, 2.45) is 0 Å². The minimum Gasteiger partial charge on any atom is -0.496 e. The van der Waals surface area contributed by atoms with Crippen LogP contribution in [0, 0.1) is 0 Å². The van der Waals surface area contributed by atoms with Gasteiger partial charge in [-0.05, 0) is 43.0 Å². The molecule has 0 aliphatic rings. The summed E-state index contributed by atoms with van der Waals surface area (Å²) in [5.74, 6) is 0.639. The normalized spacial score (nSPS) is 10.6. The smallest absolute Gasteiger partial charge is 0.269 e. The number of methoxy groups -OCH3 is 1. The van der Waals surface area contributed by atoms with Crippen molar-refractivity contribution in [1.29, 1.82) is 0 Å². The molecule has 1 aromatic carbocycles. The van der Waals surface area contributed by atoms with Gasteiger partial charge in [0.2, 0.25) is 0 Å². The monoisotopic (exact) mass is 355 g/mol. The number of aryl methyl sites for hydroxylation is 1. The summed E-state index contributed by atoms with van der Waals surface area (Å²) >= 11 is 1.70. The Morgan fingerprint density at radius 1 is 1.28 bits per heavy atom. The third kappa shape index (κ3) is 3.91. The molecule has 5 nitrogen and oxygen atoms in total. The molecule has 25 heavy (non-hydrogen) atoms. The summed E-state index contributed by atoms with van der Waals surface area (Å²) in [7, 11) is 1.63. The summed E-state index contributed by atoms with van der Waals surface area (Å²) in [5.41, 5.74) is 2.18. The van der Waals surface area contributed by atoms with Gasteiger partial charge in [-0.1, -0.05) is 18.2 Å². The van der Waals surface area contributed by atoms with Gasteiger partial charge in [-0.25, -0.2) is 0 Å². The Hall–Kier alpha value is -2.60. The van der Waals surface area contributed by atoms with E-state index in [4.69, 9.17) is 4.74 Å². The number of hydrogen-bond donors (Lipinski definition) is 1. The molecule has 0 radical (unpaired) electrons. The van der Waals surface area contributed by atoms with Crippen molar-refractivity contribution in [3.8, 4) is 17.0 Å². The Kier molecular flexibility index (Phi) is 5.50. The highest BCUT2D eigenvalue weighted by Gasteiger charge is 2.17. The fourth-order valence-electron chi connectivity index (χ4n) is 2.67. The molecule has 0 aliphatic heterocycles. The Balaban J connectivity index is 1.77. The maximum absolute atomic E-state index is 12.6. The number of thiophene rings is 1. The van der Waals surface area contributed by atoms with Crippen LogP contribution in [0.1, 0.15) is 22.3 Å². The highest BCUT2D eigenvalue weighted by atomic mass is 32.1. The zero-order valence-electron chi connectivity index (χ0n) is 14.4. The van der Waals surface area contributed by atoms with Gasteiger partial charge in [0, 0.05) is 23.5 Å². The van der Waals surface area contributed by atoms with Crippen LogP contribution in [0.15, 0.2) is 47.8 Å². The Labute approximate surface area is 151 Å². The number of nitrogens with one attached hydrogen (secondary N) is 1. The van der Waals surface area contributed by atoms with E-state index in [9.17, 15) is 4.79 Å². The van der Waals surface area contributed by atoms with Crippen LogP contribution in [-0.4, -0.2) is 29.3 Å². The van der Waals surface area contributed by atoms with Crippen molar-refractivity contribution in [3.05, 3.63) is 58.4 Å². The molecule has 0 saturated heterocycles. The second-order valence-electron chi connectivity index (χ2n) is 5.52. The molecule has 1 amide bonds. The number of aromatic nitrogens is 2. The van der Waals surface area contributed by atoms with Crippen molar-refractivity contribution < 1.29 is 9.53 Å². The van der Waals surface area contributed by atoms with Crippen LogP contribution in [-0.2, 0) is 13.0 Å². The number of carbonyl (C=O) groups is 1. The quantitative estimate of drug-likeness (QED) is 0.704. The molecule has 1 N–H and O–H groups in total. The van der Waals surface area contributed by atoms with Crippen molar-refractivity contribution in [2.75, 3.05) is 13.7 Å². The molecule has 0 aliphatic carbocycles. The van der Waals surface area contributed by atoms with E-state index < -0.39 is 0 Å². The van der Waals surface area contributed by atoms with Crippen molar-refractivity contribution in [2.45, 2.75) is 19.9 Å². The van der Waals surface area contributed by atoms with Gasteiger partial charge in [0.05, 0.1) is 12.8 Å². The second-order valence-corrected chi connectivity index (χ2v) is 6.55. The average Bonchev–Trinajstić information content (AvgIpc) is 3.31. The predicted molar refractivity (Wildman–Crippen MR) is 100 cm³/mol. The zero-order chi connectivity index (χ0) is 17.6. The molecule has 0 fully saturated rings. The van der Waals surface area contributed by atoms with Crippen LogP contribution in [0.5, 0.6) is 5.75 Å². The standard InChI is InChI=1S/C19H21N3O2S/c1-3-22-17(19(23)20-11-10-14-7-6-12-25-14)13-16(21-22)15-8-4-5-9-18(15)24-2/h4-9,12-13H,3,10-11H2,1-2H3,(H,20,23). The van der Waals surface area contributed by atoms with Crippen LogP contribution < -0.4 is 10.1 Å².